The molecule has 1 aromatic heterocycles. The molecule has 1 aromatic carbocycles. The Bertz CT molecular complexity index is 906. The molecule has 9 heteroatoms. The molecular formula is C22H30Cl2N4O3. The van der Waals surface area contributed by atoms with E-state index in [9.17, 15) is 9.59 Å². The average molecular weight is 469 g/mol. The quantitative estimate of drug-likeness (QED) is 0.440. The normalized spacial score (nSPS) is 12.5. The lowest BCUT2D eigenvalue weighted by Crippen LogP contribution is -2.42. The molecule has 170 valence electrons. The van der Waals surface area contributed by atoms with Crippen LogP contribution in [0.1, 0.15) is 39.8 Å². The first kappa shape index (κ1) is 25.2. The van der Waals surface area contributed by atoms with Crippen LogP contribution in [0.25, 0.3) is 5.69 Å². The second kappa shape index (κ2) is 11.0. The smallest absolute Gasteiger partial charge is 0.245 e. The Morgan fingerprint density at radius 1 is 1.29 bits per heavy atom. The van der Waals surface area contributed by atoms with Gasteiger partial charge in [0.15, 0.2) is 0 Å². The molecule has 0 bridgehead atoms. The maximum Gasteiger partial charge on any atom is 0.245 e. The second-order valence-corrected chi connectivity index (χ2v) is 9.36. The van der Waals surface area contributed by atoms with Crippen molar-refractivity contribution >= 4 is 40.8 Å². The molecule has 31 heavy (non-hydrogen) atoms. The topological polar surface area (TPSA) is 76.5 Å². The third-order valence-corrected chi connectivity index (χ3v) is 5.10. The monoisotopic (exact) mass is 468 g/mol. The molecule has 0 aliphatic heterocycles. The number of hydrogen-bond acceptors (Lipinski definition) is 4. The van der Waals surface area contributed by atoms with E-state index in [-0.39, 0.29) is 23.8 Å². The van der Waals surface area contributed by atoms with Crippen LogP contribution in [0.2, 0.25) is 5.02 Å². The Hall–Kier alpha value is -2.09. The summed E-state index contributed by atoms with van der Waals surface area (Å²) in [6.45, 7) is 8.43. The van der Waals surface area contributed by atoms with Crippen molar-refractivity contribution in [2.45, 2.75) is 44.9 Å². The summed E-state index contributed by atoms with van der Waals surface area (Å²) in [7, 11) is 1.59. The fourth-order valence-corrected chi connectivity index (χ4v) is 3.27. The Morgan fingerprint density at radius 2 is 1.97 bits per heavy atom. The van der Waals surface area contributed by atoms with Gasteiger partial charge in [0.25, 0.3) is 0 Å². The largest absolute Gasteiger partial charge is 0.385 e. The van der Waals surface area contributed by atoms with Gasteiger partial charge in [-0.1, -0.05) is 44.5 Å². The van der Waals surface area contributed by atoms with Crippen molar-refractivity contribution in [3.05, 3.63) is 41.0 Å². The molecule has 0 aliphatic rings. The predicted molar refractivity (Wildman–Crippen MR) is 124 cm³/mol. The second-order valence-electron chi connectivity index (χ2n) is 8.30. The van der Waals surface area contributed by atoms with Crippen LogP contribution in [0, 0.1) is 0 Å². The van der Waals surface area contributed by atoms with Crippen LogP contribution in [0.4, 0.5) is 5.82 Å². The molecule has 0 radical (unpaired) electrons. The van der Waals surface area contributed by atoms with Crippen LogP contribution in [0.15, 0.2) is 30.3 Å². The number of para-hydroxylation sites is 1. The number of halogens is 2. The summed E-state index contributed by atoms with van der Waals surface area (Å²) in [4.78, 5) is 26.7. The third kappa shape index (κ3) is 6.95. The van der Waals surface area contributed by atoms with Crippen LogP contribution >= 0.6 is 23.2 Å². The lowest BCUT2D eigenvalue weighted by atomic mass is 9.92. The van der Waals surface area contributed by atoms with Gasteiger partial charge in [-0.3, -0.25) is 9.59 Å². The number of nitrogens with one attached hydrogen (secondary N) is 1. The highest BCUT2D eigenvalue weighted by Crippen LogP contribution is 2.29. The number of benzene rings is 1. The molecular weight excluding hydrogens is 439 g/mol. The average Bonchev–Trinajstić information content (AvgIpc) is 3.11. The molecule has 1 heterocycles. The highest BCUT2D eigenvalue weighted by molar-refractivity contribution is 6.32. The lowest BCUT2D eigenvalue weighted by molar-refractivity contribution is -0.134. The van der Waals surface area contributed by atoms with Crippen molar-refractivity contribution < 1.29 is 14.3 Å². The van der Waals surface area contributed by atoms with Gasteiger partial charge in [0, 0.05) is 31.7 Å². The summed E-state index contributed by atoms with van der Waals surface area (Å²) in [5.74, 6) is -0.175. The molecule has 0 saturated heterocycles. The molecule has 0 fully saturated rings. The number of anilines is 1. The number of amides is 2. The van der Waals surface area contributed by atoms with Crippen LogP contribution in [-0.2, 0) is 19.7 Å². The minimum atomic E-state index is -0.725. The number of carbonyl (C=O) groups excluding carboxylic acids is 2. The van der Waals surface area contributed by atoms with Crippen molar-refractivity contribution in [1.29, 1.82) is 0 Å². The van der Waals surface area contributed by atoms with Crippen LogP contribution in [0.3, 0.4) is 0 Å². The van der Waals surface area contributed by atoms with E-state index >= 15 is 0 Å². The van der Waals surface area contributed by atoms with Crippen LogP contribution < -0.4 is 5.32 Å². The number of nitrogens with zero attached hydrogens (tertiary/aromatic N) is 3. The first-order valence-corrected chi connectivity index (χ1v) is 10.9. The summed E-state index contributed by atoms with van der Waals surface area (Å²) in [5, 5.41) is 7.33. The van der Waals surface area contributed by atoms with E-state index in [0.29, 0.717) is 36.1 Å². The fraction of sp³-hybridized carbons (Fsp3) is 0.500. The zero-order valence-electron chi connectivity index (χ0n) is 18.6. The highest BCUT2D eigenvalue weighted by atomic mass is 35.5. The molecule has 7 nitrogen and oxygen atoms in total. The maximum atomic E-state index is 12.9. The van der Waals surface area contributed by atoms with E-state index in [1.54, 1.807) is 24.8 Å². The Balaban J connectivity index is 2.29. The fourth-order valence-electron chi connectivity index (χ4n) is 2.92. The predicted octanol–water partition coefficient (Wildman–Crippen LogP) is 4.25. The van der Waals surface area contributed by atoms with Crippen molar-refractivity contribution in [3.8, 4) is 5.69 Å². The maximum absolute atomic E-state index is 12.9. The van der Waals surface area contributed by atoms with Gasteiger partial charge in [-0.25, -0.2) is 4.68 Å². The Morgan fingerprint density at radius 3 is 2.55 bits per heavy atom. The minimum Gasteiger partial charge on any atom is -0.385 e. The van der Waals surface area contributed by atoms with Crippen molar-refractivity contribution in [2.75, 3.05) is 32.1 Å². The zero-order valence-corrected chi connectivity index (χ0v) is 20.1. The first-order valence-electron chi connectivity index (χ1n) is 10.1. The van der Waals surface area contributed by atoms with Crippen molar-refractivity contribution in [1.82, 2.24) is 14.7 Å². The number of hydrogen-bond donors (Lipinski definition) is 1. The van der Waals surface area contributed by atoms with E-state index in [1.807, 2.05) is 45.0 Å². The molecule has 0 aliphatic carbocycles. The molecule has 1 unspecified atom stereocenters. The van der Waals surface area contributed by atoms with Crippen molar-refractivity contribution in [3.63, 3.8) is 0 Å². The van der Waals surface area contributed by atoms with E-state index < -0.39 is 5.38 Å². The highest BCUT2D eigenvalue weighted by Gasteiger charge is 2.24. The zero-order chi connectivity index (χ0) is 23.2. The third-order valence-electron chi connectivity index (χ3n) is 4.59. The van der Waals surface area contributed by atoms with Gasteiger partial charge in [0.1, 0.15) is 11.2 Å². The SMILES string of the molecule is COCCCN(CC(=O)Nc1cc(C(C)(C)C)nn1-c1ccccc1Cl)C(=O)C(C)Cl. The summed E-state index contributed by atoms with van der Waals surface area (Å²) >= 11 is 12.3. The summed E-state index contributed by atoms with van der Waals surface area (Å²) in [6.07, 6.45) is 0.602. The van der Waals surface area contributed by atoms with Crippen LogP contribution in [-0.4, -0.2) is 58.7 Å². The number of rotatable bonds is 9. The lowest BCUT2D eigenvalue weighted by Gasteiger charge is -2.23. The number of aromatic nitrogens is 2. The number of alkyl halides is 1. The van der Waals surface area contributed by atoms with E-state index in [1.165, 1.54) is 4.90 Å². The Labute approximate surface area is 193 Å². The summed E-state index contributed by atoms with van der Waals surface area (Å²) in [6, 6.07) is 9.09. The van der Waals surface area contributed by atoms with Gasteiger partial charge in [0.05, 0.1) is 22.9 Å². The molecule has 1 N–H and O–H groups in total. The molecule has 2 amide bonds. The van der Waals surface area contributed by atoms with Gasteiger partial charge in [0.2, 0.25) is 11.8 Å². The van der Waals surface area contributed by atoms with E-state index in [0.717, 1.165) is 5.69 Å². The van der Waals surface area contributed by atoms with E-state index in [2.05, 4.69) is 10.4 Å². The van der Waals surface area contributed by atoms with E-state index in [4.69, 9.17) is 27.9 Å². The Kier molecular flexibility index (Phi) is 8.91. The van der Waals surface area contributed by atoms with Crippen LogP contribution in [0.5, 0.6) is 0 Å². The molecule has 0 saturated carbocycles. The number of carbonyl (C=O) groups is 2. The van der Waals surface area contributed by atoms with Gasteiger partial charge < -0.3 is 15.0 Å². The molecule has 1 atom stereocenters. The molecule has 0 spiro atoms. The minimum absolute atomic E-state index is 0.127. The number of methoxy groups -OCH3 is 1. The molecule has 2 rings (SSSR count). The number of ether oxygens (including phenoxy) is 1. The summed E-state index contributed by atoms with van der Waals surface area (Å²) in [5.41, 5.74) is 1.21. The first-order chi connectivity index (χ1) is 14.5. The standard InChI is InChI=1S/C22H30Cl2N4O3/c1-15(23)21(30)27(11-8-12-31-5)14-20(29)25-19-13-18(22(2,3)4)26-28(19)17-10-7-6-9-16(17)24/h6-7,9-10,13,15H,8,11-12,14H2,1-5H3,(H,25,29). The molecule has 2 aromatic rings. The van der Waals surface area contributed by atoms with Gasteiger partial charge in [-0.05, 0) is 25.5 Å². The van der Waals surface area contributed by atoms with Gasteiger partial charge in [-0.15, -0.1) is 11.6 Å². The summed E-state index contributed by atoms with van der Waals surface area (Å²) < 4.78 is 6.66. The van der Waals surface area contributed by atoms with Gasteiger partial charge >= 0.3 is 0 Å². The van der Waals surface area contributed by atoms with Crippen molar-refractivity contribution in [2.24, 2.45) is 0 Å². The van der Waals surface area contributed by atoms with Gasteiger partial charge in [-0.2, -0.15) is 5.10 Å².